The van der Waals surface area contributed by atoms with Gasteiger partial charge in [0.15, 0.2) is 0 Å². The van der Waals surface area contributed by atoms with Crippen LogP contribution < -0.4 is 5.32 Å². The second kappa shape index (κ2) is 11.1. The number of carbonyl (C=O) groups is 1. The van der Waals surface area contributed by atoms with Crippen molar-refractivity contribution in [2.75, 3.05) is 18.4 Å². The van der Waals surface area contributed by atoms with E-state index >= 15 is 0 Å². The first kappa shape index (κ1) is 26.7. The smallest absolute Gasteiger partial charge is 0.330 e. The van der Waals surface area contributed by atoms with Crippen molar-refractivity contribution in [3.05, 3.63) is 95.6 Å². The number of likely N-dealkylation sites (tertiary alicyclic amines) is 1. The second-order valence-corrected chi connectivity index (χ2v) is 9.85. The number of aryl methyl sites for hydroxylation is 1. The maximum Gasteiger partial charge on any atom is 0.416 e. The number of piperidine rings is 1. The Hall–Kier alpha value is -3.92. The molecule has 1 aliphatic heterocycles. The molecule has 1 aliphatic rings. The molecule has 4 aromatic rings. The fourth-order valence-corrected chi connectivity index (χ4v) is 5.09. The Bertz CT molecular complexity index is 1450. The molecule has 39 heavy (non-hydrogen) atoms. The Morgan fingerprint density at radius 2 is 1.72 bits per heavy atom. The molecule has 0 atom stereocenters. The number of aromatic nitrogens is 2. The number of halogens is 4. The summed E-state index contributed by atoms with van der Waals surface area (Å²) in [5.74, 6) is -0.106. The number of urea groups is 1. The molecule has 1 fully saturated rings. The Labute approximate surface area is 223 Å². The van der Waals surface area contributed by atoms with Gasteiger partial charge in [0.05, 0.1) is 23.1 Å². The first-order valence-corrected chi connectivity index (χ1v) is 12.8. The summed E-state index contributed by atoms with van der Waals surface area (Å²) in [5.41, 5.74) is 1.53. The zero-order valence-electron chi connectivity index (χ0n) is 21.5. The minimum Gasteiger partial charge on any atom is -0.330 e. The molecule has 2 heterocycles. The number of para-hydroxylation sites is 2. The Morgan fingerprint density at radius 3 is 2.41 bits per heavy atom. The molecule has 1 N–H and O–H groups in total. The van der Waals surface area contributed by atoms with Crippen LogP contribution >= 0.6 is 0 Å². The Morgan fingerprint density at radius 1 is 1.03 bits per heavy atom. The number of benzene rings is 3. The van der Waals surface area contributed by atoms with Crippen molar-refractivity contribution in [2.24, 2.45) is 7.05 Å². The monoisotopic (exact) mass is 539 g/mol. The predicted molar refractivity (Wildman–Crippen MR) is 141 cm³/mol. The van der Waals surface area contributed by atoms with Gasteiger partial charge >= 0.3 is 12.2 Å². The van der Waals surface area contributed by atoms with Gasteiger partial charge in [-0.3, -0.25) is 4.90 Å². The van der Waals surface area contributed by atoms with E-state index in [1.165, 1.54) is 0 Å². The summed E-state index contributed by atoms with van der Waals surface area (Å²) in [7, 11) is 2.00. The van der Waals surface area contributed by atoms with Gasteiger partial charge in [-0.2, -0.15) is 13.2 Å². The topological polar surface area (TPSA) is 53.4 Å². The van der Waals surface area contributed by atoms with Crippen LogP contribution in [-0.2, 0) is 26.3 Å². The van der Waals surface area contributed by atoms with Crippen molar-refractivity contribution in [1.82, 2.24) is 19.4 Å². The number of carbonyl (C=O) groups excluding carboxylic acids is 1. The molecule has 0 saturated carbocycles. The fourth-order valence-electron chi connectivity index (χ4n) is 5.09. The van der Waals surface area contributed by atoms with Crippen molar-refractivity contribution >= 4 is 22.8 Å². The number of nitrogens with zero attached hydrogens (tertiary/aromatic N) is 4. The van der Waals surface area contributed by atoms with Crippen LogP contribution in [0.3, 0.4) is 0 Å². The zero-order chi connectivity index (χ0) is 27.6. The third-order valence-corrected chi connectivity index (χ3v) is 7.18. The molecule has 3 aromatic carbocycles. The van der Waals surface area contributed by atoms with Gasteiger partial charge < -0.3 is 14.8 Å². The summed E-state index contributed by atoms with van der Waals surface area (Å²) in [6, 6.07) is 18.7. The molecule has 204 valence electrons. The highest BCUT2D eigenvalue weighted by atomic mass is 19.4. The summed E-state index contributed by atoms with van der Waals surface area (Å²) in [5, 5.41) is 2.51. The van der Waals surface area contributed by atoms with E-state index in [-0.39, 0.29) is 18.3 Å². The number of hydrogen-bond donors (Lipinski definition) is 1. The van der Waals surface area contributed by atoms with E-state index in [0.717, 1.165) is 47.6 Å². The summed E-state index contributed by atoms with van der Waals surface area (Å²) in [4.78, 5) is 22.1. The molecule has 0 unspecified atom stereocenters. The van der Waals surface area contributed by atoms with E-state index in [2.05, 4.69) is 14.8 Å². The normalized spacial score (nSPS) is 15.0. The largest absolute Gasteiger partial charge is 0.416 e. The van der Waals surface area contributed by atoms with Crippen LogP contribution in [0.1, 0.15) is 29.8 Å². The third-order valence-electron chi connectivity index (χ3n) is 7.18. The van der Waals surface area contributed by atoms with Crippen molar-refractivity contribution in [3.63, 3.8) is 0 Å². The van der Waals surface area contributed by atoms with E-state index in [9.17, 15) is 22.4 Å². The van der Waals surface area contributed by atoms with Crippen LogP contribution in [-0.4, -0.2) is 44.5 Å². The summed E-state index contributed by atoms with van der Waals surface area (Å²) < 4.78 is 55.6. The Balaban J connectivity index is 1.30. The maximum absolute atomic E-state index is 14.0. The molecule has 1 aromatic heterocycles. The van der Waals surface area contributed by atoms with Crippen LogP contribution in [0.2, 0.25) is 0 Å². The van der Waals surface area contributed by atoms with Crippen molar-refractivity contribution in [3.8, 4) is 0 Å². The molecule has 2 amide bonds. The summed E-state index contributed by atoms with van der Waals surface area (Å²) >= 11 is 0. The third kappa shape index (κ3) is 6.22. The summed E-state index contributed by atoms with van der Waals surface area (Å²) in [6.07, 6.45) is -3.36. The molecular formula is C29H29F4N5O. The lowest BCUT2D eigenvalue weighted by atomic mass is 10.0. The highest BCUT2D eigenvalue weighted by Crippen LogP contribution is 2.32. The Kier molecular flexibility index (Phi) is 7.56. The maximum atomic E-state index is 14.0. The van der Waals surface area contributed by atoms with Gasteiger partial charge in [-0.1, -0.05) is 42.5 Å². The number of imidazole rings is 1. The van der Waals surface area contributed by atoms with Gasteiger partial charge in [0.1, 0.15) is 11.6 Å². The molecule has 1 saturated heterocycles. The summed E-state index contributed by atoms with van der Waals surface area (Å²) in [6.45, 7) is 2.41. The van der Waals surface area contributed by atoms with Crippen molar-refractivity contribution in [1.29, 1.82) is 0 Å². The molecule has 6 nitrogen and oxygen atoms in total. The number of rotatable bonds is 6. The molecule has 5 rings (SSSR count). The quantitative estimate of drug-likeness (QED) is 0.288. The van der Waals surface area contributed by atoms with Crippen molar-refractivity contribution in [2.45, 2.75) is 38.1 Å². The van der Waals surface area contributed by atoms with Crippen LogP contribution in [0, 0.1) is 5.82 Å². The highest BCUT2D eigenvalue weighted by molar-refractivity contribution is 5.89. The average Bonchev–Trinajstić information content (AvgIpc) is 3.22. The standard InChI is InChI=1S/C29H29F4N5O/c1-36-26-10-6-5-9-25(26)35-27(36)19-37-13-11-24(12-14-37)38(18-20-7-3-2-4-8-20)28(39)34-23-16-21(29(31,32)33)15-22(30)17-23/h2-10,15-17,24H,11-14,18-19H2,1H3,(H,34,39). The minimum atomic E-state index is -4.73. The van der Waals surface area contributed by atoms with Gasteiger partial charge in [-0.25, -0.2) is 14.2 Å². The lowest BCUT2D eigenvalue weighted by molar-refractivity contribution is -0.137. The lowest BCUT2D eigenvalue weighted by Gasteiger charge is -2.38. The number of alkyl halides is 3. The molecular weight excluding hydrogens is 510 g/mol. The molecule has 0 aliphatic carbocycles. The number of amides is 2. The highest BCUT2D eigenvalue weighted by Gasteiger charge is 2.33. The number of nitrogens with one attached hydrogen (secondary N) is 1. The molecule has 10 heteroatoms. The van der Waals surface area contributed by atoms with E-state index in [1.807, 2.05) is 61.6 Å². The molecule has 0 radical (unpaired) electrons. The van der Waals surface area contributed by atoms with Gasteiger partial charge in [0.25, 0.3) is 0 Å². The van der Waals surface area contributed by atoms with Crippen LogP contribution in [0.4, 0.5) is 28.0 Å². The van der Waals surface area contributed by atoms with Crippen LogP contribution in [0.15, 0.2) is 72.8 Å². The van der Waals surface area contributed by atoms with Crippen LogP contribution in [0.25, 0.3) is 11.0 Å². The van der Waals surface area contributed by atoms with Crippen LogP contribution in [0.5, 0.6) is 0 Å². The number of fused-ring (bicyclic) bond motifs is 1. The molecule has 0 bridgehead atoms. The van der Waals surface area contributed by atoms with Gasteiger partial charge in [0.2, 0.25) is 0 Å². The number of anilines is 1. The van der Waals surface area contributed by atoms with Gasteiger partial charge in [0, 0.05) is 38.4 Å². The second-order valence-electron chi connectivity index (χ2n) is 9.85. The first-order valence-electron chi connectivity index (χ1n) is 12.8. The zero-order valence-corrected chi connectivity index (χ0v) is 21.5. The SMILES string of the molecule is Cn1c(CN2CCC(N(Cc3ccccc3)C(=O)Nc3cc(F)cc(C(F)(F)F)c3)CC2)nc2ccccc21. The minimum absolute atomic E-state index is 0.141. The average molecular weight is 540 g/mol. The lowest BCUT2D eigenvalue weighted by Crippen LogP contribution is -2.48. The molecule has 0 spiro atoms. The predicted octanol–water partition coefficient (Wildman–Crippen LogP) is 6.43. The van der Waals surface area contributed by atoms with E-state index in [1.54, 1.807) is 4.90 Å². The van der Waals surface area contributed by atoms with E-state index < -0.39 is 23.6 Å². The number of hydrogen-bond acceptors (Lipinski definition) is 3. The van der Waals surface area contributed by atoms with E-state index in [0.29, 0.717) is 25.5 Å². The van der Waals surface area contributed by atoms with Gasteiger partial charge in [-0.05, 0) is 48.7 Å². The van der Waals surface area contributed by atoms with Crippen molar-refractivity contribution < 1.29 is 22.4 Å². The first-order chi connectivity index (χ1) is 18.7. The van der Waals surface area contributed by atoms with E-state index in [4.69, 9.17) is 4.98 Å². The van der Waals surface area contributed by atoms with Gasteiger partial charge in [-0.15, -0.1) is 0 Å². The fraction of sp³-hybridized carbons (Fsp3) is 0.310.